The Kier molecular flexibility index (Phi) is 5.26. The number of carbonyl (C=O) groups is 1. The molecule has 0 unspecified atom stereocenters. The molecule has 0 saturated carbocycles. The maximum Gasteiger partial charge on any atom is 0.254 e. The number of aromatic nitrogens is 2. The van der Waals surface area contributed by atoms with Gasteiger partial charge in [-0.2, -0.15) is 0 Å². The quantitative estimate of drug-likeness (QED) is 0.691. The lowest BCUT2D eigenvalue weighted by Crippen LogP contribution is -2.27. The Bertz CT molecular complexity index is 932. The van der Waals surface area contributed by atoms with E-state index in [4.69, 9.17) is 4.52 Å². The molecule has 3 rings (SSSR count). The molecular formula is C21H24N4O2. The SMILES string of the molecule is Cc1ccc(-c2cc(C(=O)N(C)Cc3ccno3)c(C)c(N(C)C)c2)cn1. The lowest BCUT2D eigenvalue weighted by Gasteiger charge is -2.22. The van der Waals surface area contributed by atoms with Gasteiger partial charge in [0.1, 0.15) is 0 Å². The molecule has 6 heteroatoms. The third-order valence-electron chi connectivity index (χ3n) is 4.57. The van der Waals surface area contributed by atoms with Crippen LogP contribution in [0.25, 0.3) is 11.1 Å². The molecule has 1 aromatic carbocycles. The van der Waals surface area contributed by atoms with Gasteiger partial charge in [-0.05, 0) is 43.2 Å². The monoisotopic (exact) mass is 364 g/mol. The fraction of sp³-hybridized carbons (Fsp3) is 0.286. The van der Waals surface area contributed by atoms with E-state index in [1.807, 2.05) is 57.2 Å². The number of nitrogens with zero attached hydrogens (tertiary/aromatic N) is 4. The van der Waals surface area contributed by atoms with E-state index in [0.29, 0.717) is 17.9 Å². The van der Waals surface area contributed by atoms with Crippen molar-refractivity contribution in [1.82, 2.24) is 15.0 Å². The van der Waals surface area contributed by atoms with Crippen molar-refractivity contribution in [2.24, 2.45) is 0 Å². The summed E-state index contributed by atoms with van der Waals surface area (Å²) in [6.07, 6.45) is 3.42. The summed E-state index contributed by atoms with van der Waals surface area (Å²) < 4.78 is 5.13. The minimum Gasteiger partial charge on any atom is -0.377 e. The van der Waals surface area contributed by atoms with Crippen LogP contribution in [-0.2, 0) is 6.54 Å². The first-order chi connectivity index (χ1) is 12.9. The lowest BCUT2D eigenvalue weighted by atomic mass is 9.97. The highest BCUT2D eigenvalue weighted by molar-refractivity contribution is 5.98. The fourth-order valence-corrected chi connectivity index (χ4v) is 3.03. The van der Waals surface area contributed by atoms with Gasteiger partial charge < -0.3 is 14.3 Å². The highest BCUT2D eigenvalue weighted by Crippen LogP contribution is 2.30. The summed E-state index contributed by atoms with van der Waals surface area (Å²) in [7, 11) is 5.72. The minimum atomic E-state index is -0.0612. The Balaban J connectivity index is 2.02. The number of carbonyl (C=O) groups excluding carboxylic acids is 1. The first-order valence-corrected chi connectivity index (χ1v) is 8.77. The zero-order chi connectivity index (χ0) is 19.6. The van der Waals surface area contributed by atoms with E-state index in [0.717, 1.165) is 28.1 Å². The van der Waals surface area contributed by atoms with Gasteiger partial charge in [0, 0.05) is 55.9 Å². The smallest absolute Gasteiger partial charge is 0.254 e. The van der Waals surface area contributed by atoms with Gasteiger partial charge in [0.2, 0.25) is 0 Å². The molecule has 140 valence electrons. The number of hydrogen-bond donors (Lipinski definition) is 0. The van der Waals surface area contributed by atoms with Crippen LogP contribution in [-0.4, -0.2) is 42.1 Å². The van der Waals surface area contributed by atoms with Crippen molar-refractivity contribution in [3.05, 3.63) is 65.3 Å². The Morgan fingerprint density at radius 2 is 1.85 bits per heavy atom. The molecule has 27 heavy (non-hydrogen) atoms. The summed E-state index contributed by atoms with van der Waals surface area (Å²) in [5.74, 6) is 0.587. The summed E-state index contributed by atoms with van der Waals surface area (Å²) in [5.41, 5.74) is 5.52. The van der Waals surface area contributed by atoms with Gasteiger partial charge in [0.05, 0.1) is 12.7 Å². The minimum absolute atomic E-state index is 0.0612. The van der Waals surface area contributed by atoms with Gasteiger partial charge in [-0.25, -0.2) is 0 Å². The highest BCUT2D eigenvalue weighted by Gasteiger charge is 2.20. The number of aryl methyl sites for hydroxylation is 1. The van der Waals surface area contributed by atoms with Crippen LogP contribution in [0.2, 0.25) is 0 Å². The first-order valence-electron chi connectivity index (χ1n) is 8.77. The van der Waals surface area contributed by atoms with Gasteiger partial charge in [0.15, 0.2) is 5.76 Å². The third-order valence-corrected chi connectivity index (χ3v) is 4.57. The molecule has 0 radical (unpaired) electrons. The molecule has 0 aliphatic rings. The van der Waals surface area contributed by atoms with Crippen molar-refractivity contribution in [3.8, 4) is 11.1 Å². The second-order valence-electron chi connectivity index (χ2n) is 6.89. The predicted molar refractivity (Wildman–Crippen MR) is 106 cm³/mol. The molecule has 0 saturated heterocycles. The van der Waals surface area contributed by atoms with Crippen molar-refractivity contribution in [3.63, 3.8) is 0 Å². The lowest BCUT2D eigenvalue weighted by molar-refractivity contribution is 0.0771. The predicted octanol–water partition coefficient (Wildman–Crippen LogP) is 3.69. The molecular weight excluding hydrogens is 340 g/mol. The van der Waals surface area contributed by atoms with Crippen molar-refractivity contribution in [2.45, 2.75) is 20.4 Å². The zero-order valence-corrected chi connectivity index (χ0v) is 16.4. The van der Waals surface area contributed by atoms with Gasteiger partial charge >= 0.3 is 0 Å². The summed E-state index contributed by atoms with van der Waals surface area (Å²) in [6.45, 7) is 4.30. The van der Waals surface area contributed by atoms with Gasteiger partial charge in [-0.1, -0.05) is 11.2 Å². The van der Waals surface area contributed by atoms with E-state index >= 15 is 0 Å². The molecule has 0 atom stereocenters. The second-order valence-corrected chi connectivity index (χ2v) is 6.89. The van der Waals surface area contributed by atoms with Crippen LogP contribution in [0.1, 0.15) is 27.4 Å². The Labute approximate surface area is 159 Å². The van der Waals surface area contributed by atoms with E-state index in [1.165, 1.54) is 0 Å². The topological polar surface area (TPSA) is 62.5 Å². The van der Waals surface area contributed by atoms with E-state index in [-0.39, 0.29) is 5.91 Å². The average molecular weight is 364 g/mol. The van der Waals surface area contributed by atoms with Crippen LogP contribution in [0.5, 0.6) is 0 Å². The van der Waals surface area contributed by atoms with Gasteiger partial charge in [-0.3, -0.25) is 9.78 Å². The molecule has 1 amide bonds. The maximum absolute atomic E-state index is 13.1. The van der Waals surface area contributed by atoms with Crippen LogP contribution < -0.4 is 4.90 Å². The number of amides is 1. The molecule has 2 heterocycles. The van der Waals surface area contributed by atoms with E-state index in [9.17, 15) is 4.79 Å². The summed E-state index contributed by atoms with van der Waals surface area (Å²) in [5, 5.41) is 3.70. The van der Waals surface area contributed by atoms with Gasteiger partial charge in [0.25, 0.3) is 5.91 Å². The highest BCUT2D eigenvalue weighted by atomic mass is 16.5. The van der Waals surface area contributed by atoms with Crippen LogP contribution in [0.3, 0.4) is 0 Å². The first kappa shape index (κ1) is 18.6. The number of rotatable bonds is 5. The zero-order valence-electron chi connectivity index (χ0n) is 16.4. The Morgan fingerprint density at radius 1 is 1.07 bits per heavy atom. The normalized spacial score (nSPS) is 10.7. The third kappa shape index (κ3) is 4.00. The molecule has 0 bridgehead atoms. The Hall–Kier alpha value is -3.15. The molecule has 0 spiro atoms. The number of benzene rings is 1. The van der Waals surface area contributed by atoms with E-state index in [2.05, 4.69) is 16.2 Å². The molecule has 2 aromatic heterocycles. The maximum atomic E-state index is 13.1. The van der Waals surface area contributed by atoms with Crippen LogP contribution in [0, 0.1) is 13.8 Å². The van der Waals surface area contributed by atoms with Crippen molar-refractivity contribution < 1.29 is 9.32 Å². The van der Waals surface area contributed by atoms with Crippen molar-refractivity contribution >= 4 is 11.6 Å². The Morgan fingerprint density at radius 3 is 2.44 bits per heavy atom. The average Bonchev–Trinajstić information content (AvgIpc) is 3.14. The molecule has 0 fully saturated rings. The van der Waals surface area contributed by atoms with Crippen LogP contribution in [0.15, 0.2) is 47.2 Å². The fourth-order valence-electron chi connectivity index (χ4n) is 3.03. The largest absolute Gasteiger partial charge is 0.377 e. The summed E-state index contributed by atoms with van der Waals surface area (Å²) in [4.78, 5) is 21.2. The molecule has 0 aliphatic carbocycles. The van der Waals surface area contributed by atoms with Gasteiger partial charge in [-0.15, -0.1) is 0 Å². The molecule has 0 aliphatic heterocycles. The van der Waals surface area contributed by atoms with Crippen LogP contribution in [0.4, 0.5) is 5.69 Å². The van der Waals surface area contributed by atoms with Crippen molar-refractivity contribution in [1.29, 1.82) is 0 Å². The second kappa shape index (κ2) is 7.61. The standard InChI is InChI=1S/C21H24N4O2/c1-14-6-7-16(12-22-14)17-10-19(15(2)20(11-17)24(3)4)21(26)25(5)13-18-8-9-23-27-18/h6-12H,13H2,1-5H3. The van der Waals surface area contributed by atoms with Crippen molar-refractivity contribution in [2.75, 3.05) is 26.0 Å². The van der Waals surface area contributed by atoms with Crippen LogP contribution >= 0.6 is 0 Å². The number of pyridine rings is 1. The molecule has 6 nitrogen and oxygen atoms in total. The van der Waals surface area contributed by atoms with E-state index < -0.39 is 0 Å². The molecule has 3 aromatic rings. The number of hydrogen-bond acceptors (Lipinski definition) is 5. The summed E-state index contributed by atoms with van der Waals surface area (Å²) >= 11 is 0. The molecule has 0 N–H and O–H groups in total. The summed E-state index contributed by atoms with van der Waals surface area (Å²) in [6, 6.07) is 9.79. The number of anilines is 1. The van der Waals surface area contributed by atoms with E-state index in [1.54, 1.807) is 24.2 Å².